The summed E-state index contributed by atoms with van der Waals surface area (Å²) >= 11 is 5.99. The van der Waals surface area contributed by atoms with E-state index in [0.29, 0.717) is 29.2 Å². The molecule has 2 nitrogen and oxygen atoms in total. The lowest BCUT2D eigenvalue weighted by molar-refractivity contribution is 0.269. The largest absolute Gasteiger partial charge is 0.491 e. The van der Waals surface area contributed by atoms with Crippen LogP contribution in [0.4, 0.5) is 5.69 Å². The van der Waals surface area contributed by atoms with E-state index >= 15 is 0 Å². The normalized spacial score (nSPS) is 11.2. The molecule has 0 saturated carbocycles. The third-order valence-corrected chi connectivity index (χ3v) is 2.51. The summed E-state index contributed by atoms with van der Waals surface area (Å²) in [6.07, 6.45) is 0. The van der Waals surface area contributed by atoms with Crippen LogP contribution >= 0.6 is 11.6 Å². The molecular weight excluding hydrogens is 222 g/mol. The van der Waals surface area contributed by atoms with Crippen LogP contribution in [0.3, 0.4) is 0 Å². The summed E-state index contributed by atoms with van der Waals surface area (Å²) in [5.74, 6) is 1.62. The fourth-order valence-electron chi connectivity index (χ4n) is 1.48. The molecule has 16 heavy (non-hydrogen) atoms. The van der Waals surface area contributed by atoms with Crippen LogP contribution in [0.5, 0.6) is 5.75 Å². The second-order valence-corrected chi connectivity index (χ2v) is 5.21. The number of nitrogens with two attached hydrogens (primary N) is 1. The summed E-state index contributed by atoms with van der Waals surface area (Å²) in [4.78, 5) is 0. The molecule has 0 aromatic heterocycles. The molecule has 0 aliphatic carbocycles. The van der Waals surface area contributed by atoms with Crippen LogP contribution in [0, 0.1) is 5.92 Å². The molecular formula is C13H20ClNO. The molecule has 0 bridgehead atoms. The third kappa shape index (κ3) is 3.31. The highest BCUT2D eigenvalue weighted by Crippen LogP contribution is 2.35. The van der Waals surface area contributed by atoms with Gasteiger partial charge >= 0.3 is 0 Å². The number of benzene rings is 1. The molecule has 90 valence electrons. The molecule has 0 aliphatic rings. The summed E-state index contributed by atoms with van der Waals surface area (Å²) in [5.41, 5.74) is 7.63. The molecule has 1 aromatic carbocycles. The minimum absolute atomic E-state index is 0.350. The third-order valence-electron chi connectivity index (χ3n) is 2.29. The molecule has 0 radical (unpaired) electrons. The zero-order valence-corrected chi connectivity index (χ0v) is 11.1. The summed E-state index contributed by atoms with van der Waals surface area (Å²) in [6, 6.07) is 3.67. The minimum atomic E-state index is 0.350. The Morgan fingerprint density at radius 3 is 2.38 bits per heavy atom. The van der Waals surface area contributed by atoms with E-state index in [1.54, 1.807) is 6.07 Å². The summed E-state index contributed by atoms with van der Waals surface area (Å²) in [7, 11) is 0. The van der Waals surface area contributed by atoms with E-state index in [2.05, 4.69) is 27.7 Å². The molecule has 0 fully saturated rings. The topological polar surface area (TPSA) is 35.2 Å². The van der Waals surface area contributed by atoms with E-state index in [1.807, 2.05) is 6.07 Å². The first-order valence-electron chi connectivity index (χ1n) is 5.63. The Labute approximate surface area is 103 Å². The highest BCUT2D eigenvalue weighted by molar-refractivity contribution is 6.31. The van der Waals surface area contributed by atoms with Gasteiger partial charge in [-0.1, -0.05) is 39.3 Å². The van der Waals surface area contributed by atoms with Crippen molar-refractivity contribution in [3.05, 3.63) is 22.7 Å². The lowest BCUT2D eigenvalue weighted by Gasteiger charge is -2.17. The Bertz CT molecular complexity index is 361. The van der Waals surface area contributed by atoms with E-state index in [0.717, 1.165) is 11.3 Å². The number of ether oxygens (including phenoxy) is 1. The highest BCUT2D eigenvalue weighted by Gasteiger charge is 2.13. The first-order chi connectivity index (χ1) is 7.41. The van der Waals surface area contributed by atoms with Gasteiger partial charge in [0.1, 0.15) is 5.75 Å². The predicted octanol–water partition coefficient (Wildman–Crippen LogP) is 4.08. The van der Waals surface area contributed by atoms with Gasteiger partial charge in [0.05, 0.1) is 12.3 Å². The zero-order valence-electron chi connectivity index (χ0n) is 10.4. The standard InChI is InChI=1S/C13H20ClNO/c1-8(2)7-16-13-11(9(3)4)5-10(14)6-12(13)15/h5-6,8-9H,7,15H2,1-4H3. The molecule has 0 amide bonds. The number of halogens is 1. The van der Waals surface area contributed by atoms with Crippen molar-refractivity contribution in [2.75, 3.05) is 12.3 Å². The summed E-state index contributed by atoms with van der Waals surface area (Å²) < 4.78 is 5.76. The maximum absolute atomic E-state index is 5.99. The predicted molar refractivity (Wildman–Crippen MR) is 70.3 cm³/mol. The average Bonchev–Trinajstić information content (AvgIpc) is 2.14. The number of anilines is 1. The Balaban J connectivity index is 3.04. The summed E-state index contributed by atoms with van der Waals surface area (Å²) in [6.45, 7) is 9.11. The van der Waals surface area contributed by atoms with Gasteiger partial charge in [0.15, 0.2) is 0 Å². The molecule has 0 heterocycles. The van der Waals surface area contributed by atoms with Gasteiger partial charge in [-0.25, -0.2) is 0 Å². The van der Waals surface area contributed by atoms with Crippen molar-refractivity contribution in [3.63, 3.8) is 0 Å². The van der Waals surface area contributed by atoms with Crippen LogP contribution in [0.2, 0.25) is 5.02 Å². The van der Waals surface area contributed by atoms with Gasteiger partial charge in [0.25, 0.3) is 0 Å². The molecule has 0 aliphatic heterocycles. The van der Waals surface area contributed by atoms with E-state index in [4.69, 9.17) is 22.1 Å². The fourth-order valence-corrected chi connectivity index (χ4v) is 1.72. The molecule has 0 unspecified atom stereocenters. The average molecular weight is 242 g/mol. The van der Waals surface area contributed by atoms with Gasteiger partial charge in [-0.2, -0.15) is 0 Å². The van der Waals surface area contributed by atoms with Crippen molar-refractivity contribution in [2.45, 2.75) is 33.6 Å². The Morgan fingerprint density at radius 1 is 1.25 bits per heavy atom. The van der Waals surface area contributed by atoms with E-state index in [1.165, 1.54) is 0 Å². The lowest BCUT2D eigenvalue weighted by atomic mass is 10.0. The van der Waals surface area contributed by atoms with Crippen molar-refractivity contribution in [2.24, 2.45) is 5.92 Å². The Hall–Kier alpha value is -0.890. The van der Waals surface area contributed by atoms with Crippen molar-refractivity contribution < 1.29 is 4.74 Å². The molecule has 0 spiro atoms. The Kier molecular flexibility index (Phi) is 4.48. The highest BCUT2D eigenvalue weighted by atomic mass is 35.5. The first kappa shape index (κ1) is 13.2. The lowest BCUT2D eigenvalue weighted by Crippen LogP contribution is -2.08. The van der Waals surface area contributed by atoms with Gasteiger partial charge in [-0.3, -0.25) is 0 Å². The SMILES string of the molecule is CC(C)COc1c(N)cc(Cl)cc1C(C)C. The van der Waals surface area contributed by atoms with Crippen molar-refractivity contribution in [1.82, 2.24) is 0 Å². The van der Waals surface area contributed by atoms with Gasteiger partial charge in [0, 0.05) is 10.6 Å². The molecule has 1 aromatic rings. The van der Waals surface area contributed by atoms with Crippen LogP contribution in [-0.4, -0.2) is 6.61 Å². The monoisotopic (exact) mass is 241 g/mol. The maximum Gasteiger partial charge on any atom is 0.145 e. The van der Waals surface area contributed by atoms with Crippen LogP contribution in [0.25, 0.3) is 0 Å². The molecule has 3 heteroatoms. The molecule has 2 N–H and O–H groups in total. The number of rotatable bonds is 4. The molecule has 0 saturated heterocycles. The molecule has 0 atom stereocenters. The second kappa shape index (κ2) is 5.44. The fraction of sp³-hybridized carbons (Fsp3) is 0.538. The van der Waals surface area contributed by atoms with Crippen LogP contribution in [-0.2, 0) is 0 Å². The smallest absolute Gasteiger partial charge is 0.145 e. The van der Waals surface area contributed by atoms with Crippen LogP contribution in [0.15, 0.2) is 12.1 Å². The van der Waals surface area contributed by atoms with E-state index in [-0.39, 0.29) is 0 Å². The van der Waals surface area contributed by atoms with Crippen molar-refractivity contribution >= 4 is 17.3 Å². The quantitative estimate of drug-likeness (QED) is 0.807. The van der Waals surface area contributed by atoms with E-state index in [9.17, 15) is 0 Å². The summed E-state index contributed by atoms with van der Waals surface area (Å²) in [5, 5.41) is 0.665. The maximum atomic E-state index is 5.99. The first-order valence-corrected chi connectivity index (χ1v) is 6.01. The zero-order chi connectivity index (χ0) is 12.3. The van der Waals surface area contributed by atoms with Crippen LogP contribution in [0.1, 0.15) is 39.2 Å². The van der Waals surface area contributed by atoms with Crippen LogP contribution < -0.4 is 10.5 Å². The van der Waals surface area contributed by atoms with Crippen molar-refractivity contribution in [3.8, 4) is 5.75 Å². The number of hydrogen-bond acceptors (Lipinski definition) is 2. The van der Waals surface area contributed by atoms with Gasteiger partial charge in [-0.15, -0.1) is 0 Å². The van der Waals surface area contributed by atoms with Crippen molar-refractivity contribution in [1.29, 1.82) is 0 Å². The molecule has 1 rings (SSSR count). The van der Waals surface area contributed by atoms with Gasteiger partial charge in [-0.05, 0) is 24.0 Å². The minimum Gasteiger partial charge on any atom is -0.491 e. The van der Waals surface area contributed by atoms with Gasteiger partial charge < -0.3 is 10.5 Å². The van der Waals surface area contributed by atoms with Gasteiger partial charge in [0.2, 0.25) is 0 Å². The second-order valence-electron chi connectivity index (χ2n) is 4.77. The number of nitrogen functional groups attached to an aromatic ring is 1. The van der Waals surface area contributed by atoms with E-state index < -0.39 is 0 Å². The Morgan fingerprint density at radius 2 is 1.88 bits per heavy atom. The number of hydrogen-bond donors (Lipinski definition) is 1.